The first-order valence-corrected chi connectivity index (χ1v) is 7.51. The highest BCUT2D eigenvalue weighted by Crippen LogP contribution is 2.29. The molecule has 0 saturated carbocycles. The molecule has 1 aromatic rings. The van der Waals surface area contributed by atoms with Crippen molar-refractivity contribution < 1.29 is 9.47 Å². The van der Waals surface area contributed by atoms with Gasteiger partial charge >= 0.3 is 0 Å². The Morgan fingerprint density at radius 3 is 2.75 bits per heavy atom. The van der Waals surface area contributed by atoms with Crippen molar-refractivity contribution >= 4 is 5.69 Å². The summed E-state index contributed by atoms with van der Waals surface area (Å²) >= 11 is 0. The van der Waals surface area contributed by atoms with E-state index in [0.717, 1.165) is 57.9 Å². The van der Waals surface area contributed by atoms with Gasteiger partial charge in [0.2, 0.25) is 0 Å². The zero-order valence-corrected chi connectivity index (χ0v) is 12.4. The van der Waals surface area contributed by atoms with Crippen LogP contribution >= 0.6 is 0 Å². The minimum Gasteiger partial charge on any atom is -0.495 e. The van der Waals surface area contributed by atoms with Gasteiger partial charge in [-0.3, -0.25) is 0 Å². The Balaban J connectivity index is 2.08. The van der Waals surface area contributed by atoms with Crippen LogP contribution in [0.4, 0.5) is 5.69 Å². The maximum absolute atomic E-state index is 5.68. The Labute approximate surface area is 121 Å². The van der Waals surface area contributed by atoms with Gasteiger partial charge in [0.25, 0.3) is 0 Å². The number of methoxy groups -OCH3 is 1. The molecule has 20 heavy (non-hydrogen) atoms. The van der Waals surface area contributed by atoms with E-state index in [2.05, 4.69) is 17.0 Å². The largest absolute Gasteiger partial charge is 0.495 e. The number of hydrogen-bond donors (Lipinski definition) is 1. The molecule has 1 saturated heterocycles. The Hall–Kier alpha value is -1.26. The summed E-state index contributed by atoms with van der Waals surface area (Å²) in [5.74, 6) is 1.64. The van der Waals surface area contributed by atoms with Gasteiger partial charge in [0.15, 0.2) is 0 Å². The Morgan fingerprint density at radius 2 is 2.05 bits per heavy atom. The molecule has 4 heteroatoms. The van der Waals surface area contributed by atoms with Crippen molar-refractivity contribution in [2.45, 2.75) is 19.3 Å². The van der Waals surface area contributed by atoms with Crippen molar-refractivity contribution in [3.63, 3.8) is 0 Å². The monoisotopic (exact) mass is 278 g/mol. The summed E-state index contributed by atoms with van der Waals surface area (Å²) in [7, 11) is 1.73. The molecule has 0 bridgehead atoms. The molecule has 0 unspecified atom stereocenters. The van der Waals surface area contributed by atoms with Crippen LogP contribution in [-0.4, -0.2) is 40.0 Å². The van der Waals surface area contributed by atoms with E-state index >= 15 is 0 Å². The lowest BCUT2D eigenvalue weighted by Crippen LogP contribution is -2.34. The quantitative estimate of drug-likeness (QED) is 0.831. The van der Waals surface area contributed by atoms with E-state index in [1.54, 1.807) is 7.11 Å². The molecular weight excluding hydrogens is 252 g/mol. The van der Waals surface area contributed by atoms with Crippen LogP contribution in [-0.2, 0) is 4.74 Å². The second-order valence-corrected chi connectivity index (χ2v) is 5.32. The molecule has 1 aromatic carbocycles. The van der Waals surface area contributed by atoms with Gasteiger partial charge in [-0.15, -0.1) is 0 Å². The van der Waals surface area contributed by atoms with Gasteiger partial charge in [-0.25, -0.2) is 0 Å². The fourth-order valence-electron chi connectivity index (χ4n) is 2.72. The first kappa shape index (κ1) is 15.1. The highest BCUT2D eigenvalue weighted by molar-refractivity contribution is 5.58. The van der Waals surface area contributed by atoms with Gasteiger partial charge in [0.1, 0.15) is 5.75 Å². The maximum atomic E-state index is 5.68. The summed E-state index contributed by atoms with van der Waals surface area (Å²) < 4.78 is 10.9. The lowest BCUT2D eigenvalue weighted by Gasteiger charge is -2.32. The van der Waals surface area contributed by atoms with Crippen LogP contribution in [0.25, 0.3) is 0 Å². The second kappa shape index (κ2) is 8.12. The van der Waals surface area contributed by atoms with E-state index in [1.807, 2.05) is 12.1 Å². The molecular formula is C16H26N2O2. The summed E-state index contributed by atoms with van der Waals surface area (Å²) in [4.78, 5) is 2.42. The van der Waals surface area contributed by atoms with Crippen LogP contribution in [0.5, 0.6) is 5.75 Å². The minimum absolute atomic E-state index is 0.700. The van der Waals surface area contributed by atoms with Crippen LogP contribution in [0, 0.1) is 5.92 Å². The van der Waals surface area contributed by atoms with E-state index in [0.29, 0.717) is 5.92 Å². The number of rotatable bonds is 7. The van der Waals surface area contributed by atoms with E-state index in [-0.39, 0.29) is 0 Å². The molecule has 0 amide bonds. The standard InChI is InChI=1S/C16H26N2O2/c1-19-16-6-3-2-5-15(16)18(10-4-9-17)13-14-7-11-20-12-8-14/h2-3,5-6,14H,4,7-13,17H2,1H3. The first-order valence-electron chi connectivity index (χ1n) is 7.51. The van der Waals surface area contributed by atoms with Crippen molar-refractivity contribution in [3.05, 3.63) is 24.3 Å². The van der Waals surface area contributed by atoms with Crippen LogP contribution in [0.3, 0.4) is 0 Å². The predicted molar refractivity (Wildman–Crippen MR) is 82.4 cm³/mol. The molecule has 1 heterocycles. The van der Waals surface area contributed by atoms with Crippen LogP contribution in [0.1, 0.15) is 19.3 Å². The molecule has 112 valence electrons. The average Bonchev–Trinajstić information content (AvgIpc) is 2.52. The molecule has 1 aliphatic heterocycles. The molecule has 2 N–H and O–H groups in total. The van der Waals surface area contributed by atoms with Crippen LogP contribution in [0.2, 0.25) is 0 Å². The molecule has 0 radical (unpaired) electrons. The molecule has 1 fully saturated rings. The summed E-state index contributed by atoms with van der Waals surface area (Å²) in [6, 6.07) is 8.23. The highest BCUT2D eigenvalue weighted by atomic mass is 16.5. The van der Waals surface area contributed by atoms with Crippen molar-refractivity contribution in [2.24, 2.45) is 11.7 Å². The van der Waals surface area contributed by atoms with Gasteiger partial charge in [-0.1, -0.05) is 12.1 Å². The highest BCUT2D eigenvalue weighted by Gasteiger charge is 2.19. The van der Waals surface area contributed by atoms with Gasteiger partial charge < -0.3 is 20.1 Å². The van der Waals surface area contributed by atoms with Crippen LogP contribution in [0.15, 0.2) is 24.3 Å². The maximum Gasteiger partial charge on any atom is 0.142 e. The van der Waals surface area contributed by atoms with Gasteiger partial charge in [0.05, 0.1) is 12.8 Å². The number of ether oxygens (including phenoxy) is 2. The zero-order chi connectivity index (χ0) is 14.2. The van der Waals surface area contributed by atoms with Gasteiger partial charge in [-0.05, 0) is 43.9 Å². The SMILES string of the molecule is COc1ccccc1N(CCCN)CC1CCOCC1. The molecule has 0 aliphatic carbocycles. The van der Waals surface area contributed by atoms with E-state index in [4.69, 9.17) is 15.2 Å². The normalized spacial score (nSPS) is 16.1. The lowest BCUT2D eigenvalue weighted by molar-refractivity contribution is 0.0682. The molecule has 1 aliphatic rings. The minimum atomic E-state index is 0.700. The third kappa shape index (κ3) is 4.12. The van der Waals surface area contributed by atoms with E-state index < -0.39 is 0 Å². The predicted octanol–water partition coefficient (Wildman–Crippen LogP) is 2.28. The second-order valence-electron chi connectivity index (χ2n) is 5.32. The summed E-state index contributed by atoms with van der Waals surface area (Å²) in [6.07, 6.45) is 3.30. The van der Waals surface area contributed by atoms with Crippen molar-refractivity contribution in [1.82, 2.24) is 0 Å². The average molecular weight is 278 g/mol. The third-order valence-corrected chi connectivity index (χ3v) is 3.88. The van der Waals surface area contributed by atoms with Crippen molar-refractivity contribution in [1.29, 1.82) is 0 Å². The Morgan fingerprint density at radius 1 is 1.30 bits per heavy atom. The van der Waals surface area contributed by atoms with Gasteiger partial charge in [0, 0.05) is 26.3 Å². The number of nitrogens with two attached hydrogens (primary N) is 1. The van der Waals surface area contributed by atoms with E-state index in [9.17, 15) is 0 Å². The summed E-state index contributed by atoms with van der Waals surface area (Å²) in [5, 5.41) is 0. The smallest absolute Gasteiger partial charge is 0.142 e. The topological polar surface area (TPSA) is 47.7 Å². The number of para-hydroxylation sites is 2. The number of benzene rings is 1. The molecule has 0 spiro atoms. The summed E-state index contributed by atoms with van der Waals surface area (Å²) in [6.45, 7) is 4.54. The van der Waals surface area contributed by atoms with E-state index in [1.165, 1.54) is 5.69 Å². The number of hydrogen-bond acceptors (Lipinski definition) is 4. The number of nitrogens with zero attached hydrogens (tertiary/aromatic N) is 1. The fraction of sp³-hybridized carbons (Fsp3) is 0.625. The number of anilines is 1. The Bertz CT molecular complexity index is 392. The lowest BCUT2D eigenvalue weighted by atomic mass is 9.99. The van der Waals surface area contributed by atoms with Crippen molar-refractivity contribution in [2.75, 3.05) is 44.9 Å². The van der Waals surface area contributed by atoms with Crippen molar-refractivity contribution in [3.8, 4) is 5.75 Å². The first-order chi connectivity index (χ1) is 9.85. The molecule has 0 aromatic heterocycles. The van der Waals surface area contributed by atoms with Gasteiger partial charge in [-0.2, -0.15) is 0 Å². The fourth-order valence-corrected chi connectivity index (χ4v) is 2.72. The Kier molecular flexibility index (Phi) is 6.15. The van der Waals surface area contributed by atoms with Crippen LogP contribution < -0.4 is 15.4 Å². The molecule has 4 nitrogen and oxygen atoms in total. The zero-order valence-electron chi connectivity index (χ0n) is 12.4. The summed E-state index contributed by atoms with van der Waals surface area (Å²) in [5.41, 5.74) is 6.86. The molecule has 2 rings (SSSR count). The molecule has 0 atom stereocenters. The third-order valence-electron chi connectivity index (χ3n) is 3.88.